The first-order chi connectivity index (χ1) is 10.3. The summed E-state index contributed by atoms with van der Waals surface area (Å²) in [7, 11) is 0. The molecule has 1 aromatic carbocycles. The van der Waals surface area contributed by atoms with Crippen LogP contribution in [0, 0.1) is 10.8 Å². The Morgan fingerprint density at radius 1 is 1.00 bits per heavy atom. The number of hydrogen-bond donors (Lipinski definition) is 0. The fourth-order valence-corrected chi connectivity index (χ4v) is 2.59. The summed E-state index contributed by atoms with van der Waals surface area (Å²) >= 11 is 0. The first-order valence-electron chi connectivity index (χ1n) is 9.49. The molecule has 1 unspecified atom stereocenters. The third-order valence-electron chi connectivity index (χ3n) is 3.85. The molecular formula is C21H36. The van der Waals surface area contributed by atoms with E-state index in [1.807, 2.05) is 45.9 Å². The molecule has 0 heteroatoms. The van der Waals surface area contributed by atoms with Crippen molar-refractivity contribution in [3.8, 4) is 0 Å². The van der Waals surface area contributed by atoms with Crippen molar-refractivity contribution in [3.05, 3.63) is 34.9 Å². The van der Waals surface area contributed by atoms with Gasteiger partial charge < -0.3 is 0 Å². The van der Waals surface area contributed by atoms with Crippen molar-refractivity contribution in [2.75, 3.05) is 0 Å². The van der Waals surface area contributed by atoms with Crippen LogP contribution in [0.25, 0.3) is 0 Å². The molecule has 0 fully saturated rings. The van der Waals surface area contributed by atoms with Crippen molar-refractivity contribution < 1.29 is 4.11 Å². The van der Waals surface area contributed by atoms with E-state index in [1.165, 1.54) is 0 Å². The Labute approximate surface area is 137 Å². The fraction of sp³-hybridized carbons (Fsp3) is 0.714. The van der Waals surface area contributed by atoms with Crippen LogP contribution in [0.1, 0.15) is 95.9 Å². The average Bonchev–Trinajstić information content (AvgIpc) is 2.34. The molecule has 0 bridgehead atoms. The highest BCUT2D eigenvalue weighted by Gasteiger charge is 2.30. The minimum absolute atomic E-state index is 0.238. The molecule has 0 heterocycles. The van der Waals surface area contributed by atoms with Gasteiger partial charge in [-0.25, -0.2) is 0 Å². The smallest absolute Gasteiger partial charge is 0.0355 e. The van der Waals surface area contributed by atoms with Gasteiger partial charge in [0.2, 0.25) is 0 Å². The summed E-state index contributed by atoms with van der Waals surface area (Å²) in [6.07, 6.45) is -1.47. The van der Waals surface area contributed by atoms with Gasteiger partial charge in [-0.3, -0.25) is 0 Å². The van der Waals surface area contributed by atoms with Gasteiger partial charge in [-0.15, -0.1) is 0 Å². The van der Waals surface area contributed by atoms with Crippen molar-refractivity contribution in [3.63, 3.8) is 0 Å². The van der Waals surface area contributed by atoms with E-state index in [-0.39, 0.29) is 10.8 Å². The van der Waals surface area contributed by atoms with Crippen molar-refractivity contribution >= 4 is 0 Å². The number of rotatable bonds is 2. The summed E-state index contributed by atoms with van der Waals surface area (Å²) < 4.78 is 26.7. The molecule has 0 saturated heterocycles. The third-order valence-corrected chi connectivity index (χ3v) is 3.85. The molecule has 1 aromatic rings. The van der Waals surface area contributed by atoms with E-state index in [2.05, 4.69) is 41.5 Å². The SMILES string of the molecule is [2H]C([2H])(c1cccc(C([2H])(C)C(C)(C)C)c1C(C)(C)C)C(C)(C)C. The Morgan fingerprint density at radius 2 is 1.52 bits per heavy atom. The van der Waals surface area contributed by atoms with E-state index >= 15 is 0 Å². The molecule has 0 aliphatic rings. The monoisotopic (exact) mass is 291 g/mol. The second kappa shape index (κ2) is 5.78. The second-order valence-electron chi connectivity index (χ2n) is 9.23. The van der Waals surface area contributed by atoms with Crippen LogP contribution >= 0.6 is 0 Å². The lowest BCUT2D eigenvalue weighted by Gasteiger charge is -2.35. The zero-order valence-corrected chi connectivity index (χ0v) is 15.7. The zero-order valence-electron chi connectivity index (χ0n) is 18.7. The Morgan fingerprint density at radius 3 is 1.90 bits per heavy atom. The first kappa shape index (κ1) is 13.9. The van der Waals surface area contributed by atoms with Gasteiger partial charge in [0.25, 0.3) is 0 Å². The number of hydrogen-bond acceptors (Lipinski definition) is 0. The predicted octanol–water partition coefficient (Wildman–Crippen LogP) is 6.72. The Bertz CT molecular complexity index is 547. The Hall–Kier alpha value is -0.780. The van der Waals surface area contributed by atoms with Gasteiger partial charge in [0, 0.05) is 4.11 Å². The van der Waals surface area contributed by atoms with Gasteiger partial charge in [-0.2, -0.15) is 0 Å². The highest BCUT2D eigenvalue weighted by atomic mass is 14.3. The van der Waals surface area contributed by atoms with Gasteiger partial charge in [0.05, 0.1) is 0 Å². The van der Waals surface area contributed by atoms with E-state index in [0.29, 0.717) is 0 Å². The minimum Gasteiger partial charge on any atom is -0.0617 e. The maximum absolute atomic E-state index is 9.07. The Balaban J connectivity index is 3.90. The number of benzene rings is 1. The van der Waals surface area contributed by atoms with Gasteiger partial charge in [-0.05, 0) is 45.2 Å². The van der Waals surface area contributed by atoms with Crippen LogP contribution in [0.4, 0.5) is 0 Å². The maximum Gasteiger partial charge on any atom is 0.0355 e. The molecule has 0 nitrogen and oxygen atoms in total. The van der Waals surface area contributed by atoms with E-state index in [1.54, 1.807) is 0 Å². The fourth-order valence-electron chi connectivity index (χ4n) is 2.59. The van der Waals surface area contributed by atoms with Gasteiger partial charge in [0.1, 0.15) is 0 Å². The van der Waals surface area contributed by atoms with Crippen LogP contribution in [0.3, 0.4) is 0 Å². The van der Waals surface area contributed by atoms with Crippen LogP contribution in [-0.2, 0) is 11.8 Å². The predicted molar refractivity (Wildman–Crippen MR) is 96.2 cm³/mol. The van der Waals surface area contributed by atoms with Crippen molar-refractivity contribution in [2.45, 2.75) is 86.9 Å². The highest BCUT2D eigenvalue weighted by molar-refractivity contribution is 5.43. The molecule has 1 rings (SSSR count). The van der Waals surface area contributed by atoms with Crippen molar-refractivity contribution in [2.24, 2.45) is 10.8 Å². The highest BCUT2D eigenvalue weighted by Crippen LogP contribution is 2.42. The van der Waals surface area contributed by atoms with Crippen LogP contribution in [0.2, 0.25) is 0 Å². The molecule has 1 atom stereocenters. The van der Waals surface area contributed by atoms with E-state index in [9.17, 15) is 0 Å². The Kier molecular flexibility index (Phi) is 3.81. The summed E-state index contributed by atoms with van der Waals surface area (Å²) in [5.74, 6) is -0.806. The van der Waals surface area contributed by atoms with E-state index in [4.69, 9.17) is 4.11 Å². The standard InChI is InChI=1S/C21H36/c1-15(20(5,6)7)17-13-11-12-16(14-19(2,3)4)18(17)21(8,9)10/h11-13,15H,14H2,1-10H3/i14D2,15D. The second-order valence-corrected chi connectivity index (χ2v) is 9.23. The van der Waals surface area contributed by atoms with E-state index in [0.717, 1.165) is 16.7 Å². The minimum atomic E-state index is -1.47. The topological polar surface area (TPSA) is 0 Å². The molecule has 120 valence electrons. The summed E-state index contributed by atoms with van der Waals surface area (Å²) in [6, 6.07) is 5.84. The van der Waals surface area contributed by atoms with Crippen LogP contribution in [-0.4, -0.2) is 0 Å². The molecular weight excluding hydrogens is 252 g/mol. The quantitative estimate of drug-likeness (QED) is 0.567. The van der Waals surface area contributed by atoms with E-state index < -0.39 is 17.7 Å². The van der Waals surface area contributed by atoms with Crippen molar-refractivity contribution in [1.29, 1.82) is 0 Å². The van der Waals surface area contributed by atoms with Crippen LogP contribution in [0.5, 0.6) is 0 Å². The zero-order chi connectivity index (χ0) is 19.4. The molecule has 0 N–H and O–H groups in total. The van der Waals surface area contributed by atoms with Gasteiger partial charge >= 0.3 is 0 Å². The van der Waals surface area contributed by atoms with Crippen LogP contribution in [0.15, 0.2) is 18.2 Å². The van der Waals surface area contributed by atoms with Gasteiger partial charge in [0.15, 0.2) is 0 Å². The molecule has 0 amide bonds. The summed E-state index contributed by atoms with van der Waals surface area (Å²) in [4.78, 5) is 0. The van der Waals surface area contributed by atoms with Crippen LogP contribution < -0.4 is 0 Å². The molecule has 0 spiro atoms. The van der Waals surface area contributed by atoms with Gasteiger partial charge in [-0.1, -0.05) is 87.4 Å². The lowest BCUT2D eigenvalue weighted by Crippen LogP contribution is -2.24. The summed E-state index contributed by atoms with van der Waals surface area (Å²) in [6.45, 7) is 20.4. The maximum atomic E-state index is 9.07. The normalized spacial score (nSPS) is 19.4. The third kappa shape index (κ3) is 4.87. The first-order valence-corrected chi connectivity index (χ1v) is 7.99. The summed E-state index contributed by atoms with van der Waals surface area (Å²) in [5, 5.41) is 0. The molecule has 0 aliphatic heterocycles. The largest absolute Gasteiger partial charge is 0.0617 e. The lowest BCUT2D eigenvalue weighted by atomic mass is 9.69. The lowest BCUT2D eigenvalue weighted by molar-refractivity contribution is 0.334. The molecule has 0 saturated carbocycles. The molecule has 0 aliphatic carbocycles. The molecule has 0 aromatic heterocycles. The molecule has 0 radical (unpaired) electrons. The van der Waals surface area contributed by atoms with Crippen molar-refractivity contribution in [1.82, 2.24) is 0 Å². The average molecular weight is 292 g/mol. The summed E-state index contributed by atoms with van der Waals surface area (Å²) in [5.41, 5.74) is 1.64. The molecule has 21 heavy (non-hydrogen) atoms.